The van der Waals surface area contributed by atoms with Crippen molar-refractivity contribution in [2.45, 2.75) is 50.2 Å². The first-order valence-corrected chi connectivity index (χ1v) is 11.1. The van der Waals surface area contributed by atoms with Crippen LogP contribution in [-0.2, 0) is 24.1 Å². The molecule has 4 nitrogen and oxygen atoms in total. The largest absolute Gasteiger partial charge is 0.337 e. The standard InChI is InChI=1S/C25H31N3O/c29-24-19-28(23-11-10-21-8-4-5-9-22(21)18-23)25(26-24)13-16-27(17-14-25)15-12-20-6-2-1-3-7-20/h1-9,23H,10-19H2,(H,26,29). The fraction of sp³-hybridized carbons (Fsp3) is 0.480. The van der Waals surface area contributed by atoms with Crippen molar-refractivity contribution < 1.29 is 4.79 Å². The van der Waals surface area contributed by atoms with Crippen molar-refractivity contribution >= 4 is 5.91 Å². The summed E-state index contributed by atoms with van der Waals surface area (Å²) in [5.41, 5.74) is 4.24. The van der Waals surface area contributed by atoms with Gasteiger partial charge in [0, 0.05) is 25.7 Å². The summed E-state index contributed by atoms with van der Waals surface area (Å²) in [6.07, 6.45) is 6.53. The Morgan fingerprint density at radius 1 is 0.966 bits per heavy atom. The quantitative estimate of drug-likeness (QED) is 0.873. The summed E-state index contributed by atoms with van der Waals surface area (Å²) in [5.74, 6) is 0.210. The van der Waals surface area contributed by atoms with Gasteiger partial charge in [0.15, 0.2) is 0 Å². The van der Waals surface area contributed by atoms with Gasteiger partial charge < -0.3 is 10.2 Å². The lowest BCUT2D eigenvalue weighted by atomic mass is 9.85. The number of nitrogens with one attached hydrogen (secondary N) is 1. The zero-order valence-electron chi connectivity index (χ0n) is 17.1. The van der Waals surface area contributed by atoms with Crippen molar-refractivity contribution in [3.05, 3.63) is 71.3 Å². The summed E-state index contributed by atoms with van der Waals surface area (Å²) in [5, 5.41) is 3.40. The second-order valence-corrected chi connectivity index (χ2v) is 8.95. The van der Waals surface area contributed by atoms with Crippen LogP contribution >= 0.6 is 0 Å². The first-order valence-electron chi connectivity index (χ1n) is 11.1. The number of likely N-dealkylation sites (tertiary alicyclic amines) is 1. The number of piperidine rings is 1. The molecule has 1 N–H and O–H groups in total. The predicted octanol–water partition coefficient (Wildman–Crippen LogP) is 3.01. The third-order valence-electron chi connectivity index (χ3n) is 7.24. The molecule has 0 radical (unpaired) electrons. The van der Waals surface area contributed by atoms with Crippen LogP contribution in [0.3, 0.4) is 0 Å². The molecule has 1 unspecified atom stereocenters. The summed E-state index contributed by atoms with van der Waals surface area (Å²) >= 11 is 0. The number of amides is 1. The molecule has 2 aliphatic heterocycles. The third-order valence-corrected chi connectivity index (χ3v) is 7.24. The minimum atomic E-state index is -0.128. The highest BCUT2D eigenvalue weighted by molar-refractivity contribution is 5.81. The van der Waals surface area contributed by atoms with E-state index >= 15 is 0 Å². The molecule has 2 aromatic carbocycles. The number of rotatable bonds is 4. The van der Waals surface area contributed by atoms with E-state index in [-0.39, 0.29) is 11.6 Å². The Bertz CT molecular complexity index is 857. The van der Waals surface area contributed by atoms with Gasteiger partial charge in [-0.25, -0.2) is 0 Å². The average molecular weight is 390 g/mol. The van der Waals surface area contributed by atoms with Gasteiger partial charge in [-0.1, -0.05) is 54.6 Å². The first-order chi connectivity index (χ1) is 14.2. The SMILES string of the molecule is O=C1CN(C2CCc3ccccc3C2)C2(CCN(CCc3ccccc3)CC2)N1. The van der Waals surface area contributed by atoms with E-state index in [1.165, 1.54) is 16.7 Å². The summed E-state index contributed by atoms with van der Waals surface area (Å²) < 4.78 is 0. The number of hydrogen-bond acceptors (Lipinski definition) is 3. The molecule has 1 amide bonds. The smallest absolute Gasteiger partial charge is 0.235 e. The van der Waals surface area contributed by atoms with Gasteiger partial charge in [0.25, 0.3) is 0 Å². The zero-order chi connectivity index (χ0) is 19.7. The molecule has 1 atom stereocenters. The van der Waals surface area contributed by atoms with E-state index in [0.29, 0.717) is 12.6 Å². The highest BCUT2D eigenvalue weighted by Crippen LogP contribution is 2.36. The van der Waals surface area contributed by atoms with E-state index in [9.17, 15) is 4.79 Å². The summed E-state index contributed by atoms with van der Waals surface area (Å²) in [7, 11) is 0. The zero-order valence-corrected chi connectivity index (χ0v) is 17.1. The molecule has 29 heavy (non-hydrogen) atoms. The molecular weight excluding hydrogens is 358 g/mol. The van der Waals surface area contributed by atoms with E-state index in [1.54, 1.807) is 0 Å². The maximum absolute atomic E-state index is 12.4. The minimum Gasteiger partial charge on any atom is -0.337 e. The highest BCUT2D eigenvalue weighted by Gasteiger charge is 2.49. The van der Waals surface area contributed by atoms with Crippen molar-refractivity contribution in [3.63, 3.8) is 0 Å². The van der Waals surface area contributed by atoms with Crippen LogP contribution in [0.2, 0.25) is 0 Å². The third kappa shape index (κ3) is 3.84. The Morgan fingerprint density at radius 3 is 2.48 bits per heavy atom. The van der Waals surface area contributed by atoms with E-state index in [2.05, 4.69) is 69.7 Å². The lowest BCUT2D eigenvalue weighted by molar-refractivity contribution is -0.119. The maximum Gasteiger partial charge on any atom is 0.235 e. The monoisotopic (exact) mass is 389 g/mol. The van der Waals surface area contributed by atoms with Gasteiger partial charge in [0.2, 0.25) is 5.91 Å². The van der Waals surface area contributed by atoms with E-state index < -0.39 is 0 Å². The van der Waals surface area contributed by atoms with Gasteiger partial charge in [-0.05, 0) is 55.2 Å². The van der Waals surface area contributed by atoms with E-state index in [0.717, 1.165) is 58.2 Å². The summed E-state index contributed by atoms with van der Waals surface area (Å²) in [4.78, 5) is 17.5. The lowest BCUT2D eigenvalue weighted by Crippen LogP contribution is -2.61. The van der Waals surface area contributed by atoms with Crippen LogP contribution in [0.1, 0.15) is 36.0 Å². The van der Waals surface area contributed by atoms with Crippen LogP contribution in [0.15, 0.2) is 54.6 Å². The van der Waals surface area contributed by atoms with Gasteiger partial charge in [-0.2, -0.15) is 0 Å². The first kappa shape index (κ1) is 18.8. The predicted molar refractivity (Wildman–Crippen MR) is 116 cm³/mol. The Balaban J connectivity index is 1.23. The number of carbonyl (C=O) groups excluding carboxylic acids is 1. The van der Waals surface area contributed by atoms with Crippen molar-refractivity contribution in [1.29, 1.82) is 0 Å². The Morgan fingerprint density at radius 2 is 1.69 bits per heavy atom. The fourth-order valence-corrected chi connectivity index (χ4v) is 5.59. The Kier molecular flexibility index (Phi) is 5.15. The molecule has 0 saturated carbocycles. The lowest BCUT2D eigenvalue weighted by Gasteiger charge is -2.48. The van der Waals surface area contributed by atoms with E-state index in [1.807, 2.05) is 0 Å². The molecule has 2 saturated heterocycles. The van der Waals surface area contributed by atoms with Gasteiger partial charge in [-0.15, -0.1) is 0 Å². The summed E-state index contributed by atoms with van der Waals surface area (Å²) in [6.45, 7) is 3.79. The number of fused-ring (bicyclic) bond motifs is 1. The topological polar surface area (TPSA) is 35.6 Å². The van der Waals surface area contributed by atoms with Crippen LogP contribution in [0.4, 0.5) is 0 Å². The summed E-state index contributed by atoms with van der Waals surface area (Å²) in [6, 6.07) is 20.0. The van der Waals surface area contributed by atoms with Crippen LogP contribution in [0, 0.1) is 0 Å². The molecule has 152 valence electrons. The molecule has 1 spiro atoms. The fourth-order valence-electron chi connectivity index (χ4n) is 5.59. The number of nitrogens with zero attached hydrogens (tertiary/aromatic N) is 2. The number of benzene rings is 2. The minimum absolute atomic E-state index is 0.128. The molecule has 1 aliphatic carbocycles. The molecule has 3 aliphatic rings. The maximum atomic E-state index is 12.4. The van der Waals surface area contributed by atoms with Gasteiger partial charge in [-0.3, -0.25) is 9.69 Å². The van der Waals surface area contributed by atoms with Crippen molar-refractivity contribution in [3.8, 4) is 0 Å². The highest BCUT2D eigenvalue weighted by atomic mass is 16.2. The normalized spacial score (nSPS) is 24.4. The molecule has 0 bridgehead atoms. The second-order valence-electron chi connectivity index (χ2n) is 8.95. The van der Waals surface area contributed by atoms with Crippen molar-refractivity contribution in [2.75, 3.05) is 26.2 Å². The van der Waals surface area contributed by atoms with Crippen molar-refractivity contribution in [2.24, 2.45) is 0 Å². The van der Waals surface area contributed by atoms with Gasteiger partial charge in [0.1, 0.15) is 0 Å². The van der Waals surface area contributed by atoms with Gasteiger partial charge >= 0.3 is 0 Å². The molecule has 2 heterocycles. The van der Waals surface area contributed by atoms with E-state index in [4.69, 9.17) is 0 Å². The molecule has 4 heteroatoms. The number of hydrogen-bond donors (Lipinski definition) is 1. The molecule has 2 aromatic rings. The Hall–Kier alpha value is -2.17. The van der Waals surface area contributed by atoms with Crippen molar-refractivity contribution in [1.82, 2.24) is 15.1 Å². The molecule has 0 aromatic heterocycles. The Labute approximate surface area is 173 Å². The molecule has 2 fully saturated rings. The number of aryl methyl sites for hydroxylation is 1. The number of carbonyl (C=O) groups is 1. The average Bonchev–Trinajstić information content (AvgIpc) is 3.09. The molecule has 5 rings (SSSR count). The van der Waals surface area contributed by atoms with Crippen LogP contribution in [0.5, 0.6) is 0 Å². The van der Waals surface area contributed by atoms with Gasteiger partial charge in [0.05, 0.1) is 12.2 Å². The van der Waals surface area contributed by atoms with Crippen LogP contribution in [-0.4, -0.2) is 53.6 Å². The molecular formula is C25H31N3O. The van der Waals surface area contributed by atoms with Crippen LogP contribution in [0.25, 0.3) is 0 Å². The second kappa shape index (κ2) is 7.92. The van der Waals surface area contributed by atoms with Crippen LogP contribution < -0.4 is 5.32 Å².